The molecule has 0 amide bonds. The molecule has 1 N–H and O–H groups in total. The zero-order chi connectivity index (χ0) is 14.8. The van der Waals surface area contributed by atoms with Crippen molar-refractivity contribution >= 4 is 17.3 Å². The molecule has 3 heteroatoms. The molecular weight excluding hydrogens is 280 g/mol. The van der Waals surface area contributed by atoms with Gasteiger partial charge < -0.3 is 10.2 Å². The third-order valence-corrected chi connectivity index (χ3v) is 5.36. The molecule has 1 aromatic carbocycles. The van der Waals surface area contributed by atoms with Gasteiger partial charge in [0.2, 0.25) is 0 Å². The van der Waals surface area contributed by atoms with E-state index < -0.39 is 0 Å². The van der Waals surface area contributed by atoms with Crippen LogP contribution < -0.4 is 10.2 Å². The highest BCUT2D eigenvalue weighted by Crippen LogP contribution is 2.40. The summed E-state index contributed by atoms with van der Waals surface area (Å²) >= 11 is 6.50. The third kappa shape index (κ3) is 3.22. The first-order chi connectivity index (χ1) is 10.2. The molecule has 116 valence electrons. The van der Waals surface area contributed by atoms with Gasteiger partial charge in [0.05, 0.1) is 10.7 Å². The van der Waals surface area contributed by atoms with Gasteiger partial charge in [0.1, 0.15) is 0 Å². The molecule has 1 aromatic rings. The van der Waals surface area contributed by atoms with E-state index in [1.54, 1.807) is 0 Å². The number of piperidine rings is 2. The maximum atomic E-state index is 6.50. The van der Waals surface area contributed by atoms with E-state index in [2.05, 4.69) is 42.3 Å². The van der Waals surface area contributed by atoms with Crippen molar-refractivity contribution in [3.8, 4) is 0 Å². The van der Waals surface area contributed by atoms with Crippen molar-refractivity contribution in [3.63, 3.8) is 0 Å². The van der Waals surface area contributed by atoms with Crippen molar-refractivity contribution in [2.75, 3.05) is 11.4 Å². The summed E-state index contributed by atoms with van der Waals surface area (Å²) in [6.07, 6.45) is 7.74. The summed E-state index contributed by atoms with van der Waals surface area (Å²) in [6.45, 7) is 5.55. The number of nitrogens with zero attached hydrogens (tertiary/aromatic N) is 1. The van der Waals surface area contributed by atoms with E-state index >= 15 is 0 Å². The Morgan fingerprint density at radius 3 is 2.62 bits per heavy atom. The van der Waals surface area contributed by atoms with Crippen LogP contribution in [0.4, 0.5) is 5.69 Å². The second-order valence-corrected chi connectivity index (χ2v) is 7.13. The molecule has 2 saturated heterocycles. The minimum absolute atomic E-state index is 0.658. The Morgan fingerprint density at radius 2 is 1.95 bits per heavy atom. The molecule has 2 bridgehead atoms. The predicted octanol–water partition coefficient (Wildman–Crippen LogP) is 4.54. The molecule has 0 radical (unpaired) electrons. The molecule has 2 fully saturated rings. The van der Waals surface area contributed by atoms with E-state index in [4.69, 9.17) is 11.6 Å². The van der Waals surface area contributed by atoms with Crippen LogP contribution in [0.1, 0.15) is 51.0 Å². The molecule has 0 saturated carbocycles. The summed E-state index contributed by atoms with van der Waals surface area (Å²) < 4.78 is 0. The molecule has 2 unspecified atom stereocenters. The van der Waals surface area contributed by atoms with Gasteiger partial charge in [0, 0.05) is 18.1 Å². The third-order valence-electron chi connectivity index (χ3n) is 5.04. The summed E-state index contributed by atoms with van der Waals surface area (Å²) in [6, 6.07) is 8.45. The van der Waals surface area contributed by atoms with Gasteiger partial charge >= 0.3 is 0 Å². The molecule has 2 aliphatic rings. The standard InChI is InChI=1S/C18H27ClN2/c1-3-9-20-14-11-15-5-4-6-16(12-14)21(15)18-10-13(2)7-8-17(18)19/h7-8,10,14-16,20H,3-6,9,11-12H2,1-2H3. The number of aryl methyl sites for hydroxylation is 1. The van der Waals surface area contributed by atoms with Crippen LogP contribution in [0.3, 0.4) is 0 Å². The summed E-state index contributed by atoms with van der Waals surface area (Å²) in [7, 11) is 0. The number of anilines is 1. The second-order valence-electron chi connectivity index (χ2n) is 6.72. The molecule has 0 spiro atoms. The maximum Gasteiger partial charge on any atom is 0.0639 e. The molecule has 2 aliphatic heterocycles. The van der Waals surface area contributed by atoms with E-state index in [1.165, 1.54) is 49.8 Å². The summed E-state index contributed by atoms with van der Waals surface area (Å²) in [5, 5.41) is 4.65. The van der Waals surface area contributed by atoms with Crippen LogP contribution >= 0.6 is 11.6 Å². The number of benzene rings is 1. The monoisotopic (exact) mass is 306 g/mol. The van der Waals surface area contributed by atoms with Gasteiger partial charge in [-0.2, -0.15) is 0 Å². The van der Waals surface area contributed by atoms with E-state index in [9.17, 15) is 0 Å². The van der Waals surface area contributed by atoms with Crippen molar-refractivity contribution in [2.24, 2.45) is 0 Å². The average molecular weight is 307 g/mol. The van der Waals surface area contributed by atoms with Crippen LogP contribution in [0.15, 0.2) is 18.2 Å². The Labute approximate surface area is 133 Å². The van der Waals surface area contributed by atoms with Crippen LogP contribution in [-0.2, 0) is 0 Å². The zero-order valence-electron chi connectivity index (χ0n) is 13.2. The molecule has 0 aromatic heterocycles. The van der Waals surface area contributed by atoms with Crippen LogP contribution in [0.5, 0.6) is 0 Å². The largest absolute Gasteiger partial charge is 0.364 e. The van der Waals surface area contributed by atoms with Gasteiger partial charge in [-0.1, -0.05) is 24.6 Å². The van der Waals surface area contributed by atoms with Gasteiger partial charge in [0.15, 0.2) is 0 Å². The first-order valence-corrected chi connectivity index (χ1v) is 8.84. The molecule has 2 atom stereocenters. The molecule has 21 heavy (non-hydrogen) atoms. The first-order valence-electron chi connectivity index (χ1n) is 8.47. The molecule has 0 aliphatic carbocycles. The van der Waals surface area contributed by atoms with Crippen LogP contribution in [0.2, 0.25) is 5.02 Å². The number of fused-ring (bicyclic) bond motifs is 2. The van der Waals surface area contributed by atoms with E-state index in [0.717, 1.165) is 11.6 Å². The number of halogens is 1. The van der Waals surface area contributed by atoms with E-state index in [1.807, 2.05) is 0 Å². The highest BCUT2D eigenvalue weighted by atomic mass is 35.5. The fourth-order valence-corrected chi connectivity index (χ4v) is 4.33. The number of hydrogen-bond acceptors (Lipinski definition) is 2. The predicted molar refractivity (Wildman–Crippen MR) is 91.4 cm³/mol. The molecule has 3 rings (SSSR count). The molecular formula is C18H27ClN2. The highest BCUT2D eigenvalue weighted by Gasteiger charge is 2.38. The minimum Gasteiger partial charge on any atom is -0.364 e. The topological polar surface area (TPSA) is 15.3 Å². The fraction of sp³-hybridized carbons (Fsp3) is 0.667. The van der Waals surface area contributed by atoms with E-state index in [0.29, 0.717) is 18.1 Å². The summed E-state index contributed by atoms with van der Waals surface area (Å²) in [4.78, 5) is 2.64. The van der Waals surface area contributed by atoms with Crippen LogP contribution in [-0.4, -0.2) is 24.7 Å². The maximum absolute atomic E-state index is 6.50. The lowest BCUT2D eigenvalue weighted by Crippen LogP contribution is -2.56. The van der Waals surface area contributed by atoms with Gasteiger partial charge in [-0.3, -0.25) is 0 Å². The van der Waals surface area contributed by atoms with Crippen molar-refractivity contribution in [2.45, 2.75) is 70.5 Å². The van der Waals surface area contributed by atoms with Crippen molar-refractivity contribution in [3.05, 3.63) is 28.8 Å². The SMILES string of the molecule is CCCNC1CC2CCCC(C1)N2c1cc(C)ccc1Cl. The lowest BCUT2D eigenvalue weighted by Gasteiger charge is -2.50. The number of hydrogen-bond donors (Lipinski definition) is 1. The zero-order valence-corrected chi connectivity index (χ0v) is 14.0. The van der Waals surface area contributed by atoms with Gasteiger partial charge in [-0.05, 0) is 69.7 Å². The van der Waals surface area contributed by atoms with E-state index in [-0.39, 0.29) is 0 Å². The lowest BCUT2D eigenvalue weighted by molar-refractivity contribution is 0.246. The lowest BCUT2D eigenvalue weighted by atomic mass is 9.81. The Morgan fingerprint density at radius 1 is 1.24 bits per heavy atom. The average Bonchev–Trinajstić information content (AvgIpc) is 2.46. The number of nitrogens with one attached hydrogen (secondary N) is 1. The highest BCUT2D eigenvalue weighted by molar-refractivity contribution is 6.33. The van der Waals surface area contributed by atoms with Crippen molar-refractivity contribution < 1.29 is 0 Å². The second kappa shape index (κ2) is 6.58. The minimum atomic E-state index is 0.658. The quantitative estimate of drug-likeness (QED) is 0.878. The normalized spacial score (nSPS) is 28.7. The number of rotatable bonds is 4. The van der Waals surface area contributed by atoms with Crippen LogP contribution in [0.25, 0.3) is 0 Å². The smallest absolute Gasteiger partial charge is 0.0639 e. The Bertz CT molecular complexity index is 474. The summed E-state index contributed by atoms with van der Waals surface area (Å²) in [5.41, 5.74) is 2.57. The summed E-state index contributed by atoms with van der Waals surface area (Å²) in [5.74, 6) is 0. The fourth-order valence-electron chi connectivity index (χ4n) is 4.11. The van der Waals surface area contributed by atoms with Gasteiger partial charge in [-0.25, -0.2) is 0 Å². The Hall–Kier alpha value is -0.730. The Balaban J connectivity index is 1.82. The van der Waals surface area contributed by atoms with Gasteiger partial charge in [-0.15, -0.1) is 0 Å². The van der Waals surface area contributed by atoms with Crippen LogP contribution in [0, 0.1) is 6.92 Å². The molecule has 2 nitrogen and oxygen atoms in total. The van der Waals surface area contributed by atoms with Crippen molar-refractivity contribution in [1.82, 2.24) is 5.32 Å². The molecule has 2 heterocycles. The van der Waals surface area contributed by atoms with Crippen molar-refractivity contribution in [1.29, 1.82) is 0 Å². The van der Waals surface area contributed by atoms with Gasteiger partial charge in [0.25, 0.3) is 0 Å². The Kier molecular flexibility index (Phi) is 4.75. The first kappa shape index (κ1) is 15.2.